The predicted molar refractivity (Wildman–Crippen MR) is 120 cm³/mol. The predicted octanol–water partition coefficient (Wildman–Crippen LogP) is 6.02. The Morgan fingerprint density at radius 3 is 2.32 bits per heavy atom. The molecule has 4 aromatic rings. The van der Waals surface area contributed by atoms with Crippen molar-refractivity contribution in [1.29, 1.82) is 0 Å². The molecule has 0 N–H and O–H groups in total. The standard InChI is InChI=1S/C24H23BO2S/c1-23(2)24(3,4)27-25(26-23)18-9-7-8-16(14-18)17-12-13-22-20(15-17)19-10-5-6-11-21(19)28-22/h5-15H,1-4H3/i11D. The van der Waals surface area contributed by atoms with Crippen molar-refractivity contribution in [2.45, 2.75) is 38.9 Å². The van der Waals surface area contributed by atoms with Gasteiger partial charge < -0.3 is 9.31 Å². The molecule has 0 atom stereocenters. The van der Waals surface area contributed by atoms with Crippen molar-refractivity contribution in [3.05, 3.63) is 66.7 Å². The van der Waals surface area contributed by atoms with Crippen LogP contribution in [-0.4, -0.2) is 18.3 Å². The highest BCUT2D eigenvalue weighted by molar-refractivity contribution is 7.25. The van der Waals surface area contributed by atoms with E-state index in [1.807, 2.05) is 12.1 Å². The molecule has 2 nitrogen and oxygen atoms in total. The zero-order valence-electron chi connectivity index (χ0n) is 17.6. The molecule has 0 bridgehead atoms. The second-order valence-corrected chi connectivity index (χ2v) is 9.49. The van der Waals surface area contributed by atoms with Gasteiger partial charge in [0, 0.05) is 20.2 Å². The smallest absolute Gasteiger partial charge is 0.399 e. The molecule has 4 heteroatoms. The molecule has 28 heavy (non-hydrogen) atoms. The lowest BCUT2D eigenvalue weighted by Gasteiger charge is -2.32. The van der Waals surface area contributed by atoms with Crippen LogP contribution in [-0.2, 0) is 9.31 Å². The Morgan fingerprint density at radius 1 is 0.786 bits per heavy atom. The van der Waals surface area contributed by atoms with Gasteiger partial charge in [0.05, 0.1) is 12.6 Å². The summed E-state index contributed by atoms with van der Waals surface area (Å²) in [5.74, 6) is 0. The number of hydrogen-bond acceptors (Lipinski definition) is 3. The molecule has 0 aliphatic carbocycles. The van der Waals surface area contributed by atoms with Crippen LogP contribution in [0, 0.1) is 0 Å². The highest BCUT2D eigenvalue weighted by atomic mass is 32.1. The lowest BCUT2D eigenvalue weighted by Crippen LogP contribution is -2.41. The van der Waals surface area contributed by atoms with Gasteiger partial charge in [-0.15, -0.1) is 11.3 Å². The minimum absolute atomic E-state index is 0.351. The summed E-state index contributed by atoms with van der Waals surface area (Å²) in [6, 6.07) is 21.5. The van der Waals surface area contributed by atoms with Crippen LogP contribution >= 0.6 is 11.3 Å². The fraction of sp³-hybridized carbons (Fsp3) is 0.250. The second kappa shape index (κ2) is 6.18. The van der Waals surface area contributed by atoms with E-state index in [0.717, 1.165) is 26.7 Å². The van der Waals surface area contributed by atoms with Crippen molar-refractivity contribution in [3.63, 3.8) is 0 Å². The van der Waals surface area contributed by atoms with Crippen LogP contribution in [0.4, 0.5) is 0 Å². The number of benzene rings is 3. The van der Waals surface area contributed by atoms with Crippen molar-refractivity contribution in [3.8, 4) is 11.1 Å². The topological polar surface area (TPSA) is 18.5 Å². The Bertz CT molecular complexity index is 1230. The molecule has 3 aromatic carbocycles. The minimum atomic E-state index is -0.364. The molecule has 1 fully saturated rings. The Kier molecular flexibility index (Phi) is 3.71. The zero-order chi connectivity index (χ0) is 20.4. The fourth-order valence-electron chi connectivity index (χ4n) is 3.68. The molecule has 140 valence electrons. The number of fused-ring (bicyclic) bond motifs is 3. The van der Waals surface area contributed by atoms with E-state index in [1.54, 1.807) is 11.3 Å². The average Bonchev–Trinajstić information content (AvgIpc) is 3.16. The summed E-state index contributed by atoms with van der Waals surface area (Å²) in [5, 5.41) is 2.36. The first-order valence-corrected chi connectivity index (χ1v) is 10.4. The molecule has 0 unspecified atom stereocenters. The Morgan fingerprint density at radius 2 is 1.54 bits per heavy atom. The second-order valence-electron chi connectivity index (χ2n) is 8.44. The number of hydrogen-bond donors (Lipinski definition) is 0. The van der Waals surface area contributed by atoms with Gasteiger partial charge in [-0.1, -0.05) is 48.5 Å². The van der Waals surface area contributed by atoms with Crippen LogP contribution in [0.3, 0.4) is 0 Å². The molecule has 5 rings (SSSR count). The number of thiophene rings is 1. The van der Waals surface area contributed by atoms with Gasteiger partial charge >= 0.3 is 7.12 Å². The van der Waals surface area contributed by atoms with E-state index in [9.17, 15) is 0 Å². The van der Waals surface area contributed by atoms with Crippen molar-refractivity contribution in [2.24, 2.45) is 0 Å². The van der Waals surface area contributed by atoms with Crippen LogP contribution < -0.4 is 5.46 Å². The molecule has 0 amide bonds. The molecule has 1 aromatic heterocycles. The van der Waals surface area contributed by atoms with Crippen LogP contribution in [0.25, 0.3) is 31.3 Å². The quantitative estimate of drug-likeness (QED) is 0.392. The van der Waals surface area contributed by atoms with Gasteiger partial charge in [0.2, 0.25) is 0 Å². The van der Waals surface area contributed by atoms with Crippen LogP contribution in [0.2, 0.25) is 0 Å². The molecule has 1 saturated heterocycles. The summed E-state index contributed by atoms with van der Waals surface area (Å²) in [6.45, 7) is 8.31. The monoisotopic (exact) mass is 387 g/mol. The summed E-state index contributed by atoms with van der Waals surface area (Å²) >= 11 is 1.69. The summed E-state index contributed by atoms with van der Waals surface area (Å²) in [5.41, 5.74) is 2.63. The zero-order valence-corrected chi connectivity index (χ0v) is 17.4. The maximum absolute atomic E-state index is 8.18. The molecular weight excluding hydrogens is 363 g/mol. The van der Waals surface area contributed by atoms with Crippen molar-refractivity contribution >= 4 is 44.1 Å². The molecule has 1 aliphatic heterocycles. The van der Waals surface area contributed by atoms with Crippen LogP contribution in [0.5, 0.6) is 0 Å². The van der Waals surface area contributed by atoms with E-state index in [4.69, 9.17) is 10.7 Å². The van der Waals surface area contributed by atoms with Gasteiger partial charge in [-0.05, 0) is 62.5 Å². The van der Waals surface area contributed by atoms with Crippen LogP contribution in [0.15, 0.2) is 66.7 Å². The van der Waals surface area contributed by atoms with Gasteiger partial charge in [-0.2, -0.15) is 0 Å². The third-order valence-corrected chi connectivity index (χ3v) is 7.16. The van der Waals surface area contributed by atoms with E-state index in [0.29, 0.717) is 6.04 Å². The molecule has 0 radical (unpaired) electrons. The molecule has 0 saturated carbocycles. The van der Waals surface area contributed by atoms with Gasteiger partial charge in [-0.3, -0.25) is 0 Å². The fourth-order valence-corrected chi connectivity index (χ4v) is 4.73. The number of rotatable bonds is 2. The highest BCUT2D eigenvalue weighted by Crippen LogP contribution is 2.38. The summed E-state index contributed by atoms with van der Waals surface area (Å²) < 4.78 is 22.9. The third kappa shape index (κ3) is 2.79. The normalized spacial score (nSPS) is 18.7. The van der Waals surface area contributed by atoms with Gasteiger partial charge in [-0.25, -0.2) is 0 Å². The van der Waals surface area contributed by atoms with Crippen molar-refractivity contribution in [1.82, 2.24) is 0 Å². The first-order chi connectivity index (χ1) is 13.7. The SMILES string of the molecule is [2H]c1cccc2c1sc1ccc(-c3cccc(B4OC(C)(C)C(C)(C)O4)c3)cc12. The third-order valence-electron chi connectivity index (χ3n) is 6.05. The van der Waals surface area contributed by atoms with E-state index < -0.39 is 0 Å². The Labute approximate surface area is 171 Å². The van der Waals surface area contributed by atoms with E-state index in [-0.39, 0.29) is 18.3 Å². The molecule has 1 aliphatic rings. The van der Waals surface area contributed by atoms with Gasteiger partial charge in [0.15, 0.2) is 0 Å². The highest BCUT2D eigenvalue weighted by Gasteiger charge is 2.51. The van der Waals surface area contributed by atoms with E-state index >= 15 is 0 Å². The lowest BCUT2D eigenvalue weighted by molar-refractivity contribution is 0.00578. The maximum atomic E-state index is 8.18. The summed E-state index contributed by atoms with van der Waals surface area (Å²) in [4.78, 5) is 0. The Hall–Kier alpha value is -2.14. The van der Waals surface area contributed by atoms with Gasteiger partial charge in [0.1, 0.15) is 0 Å². The molecule has 0 spiro atoms. The largest absolute Gasteiger partial charge is 0.494 e. The first kappa shape index (κ1) is 16.8. The first-order valence-electron chi connectivity index (χ1n) is 10.1. The van der Waals surface area contributed by atoms with Crippen molar-refractivity contribution < 1.29 is 10.7 Å². The minimum Gasteiger partial charge on any atom is -0.399 e. The summed E-state index contributed by atoms with van der Waals surface area (Å²) in [7, 11) is -0.364. The van der Waals surface area contributed by atoms with Gasteiger partial charge in [0.25, 0.3) is 0 Å². The van der Waals surface area contributed by atoms with E-state index in [1.165, 1.54) is 10.1 Å². The van der Waals surface area contributed by atoms with Crippen LogP contribution in [0.1, 0.15) is 29.1 Å². The van der Waals surface area contributed by atoms with Crippen molar-refractivity contribution in [2.75, 3.05) is 0 Å². The maximum Gasteiger partial charge on any atom is 0.494 e. The molecule has 2 heterocycles. The Balaban J connectivity index is 1.57. The summed E-state index contributed by atoms with van der Waals surface area (Å²) in [6.07, 6.45) is 0. The lowest BCUT2D eigenvalue weighted by atomic mass is 9.78. The van der Waals surface area contributed by atoms with E-state index in [2.05, 4.69) is 76.2 Å². The average molecular weight is 387 g/mol. The molecular formula is C24H23BO2S.